The molecule has 5 nitrogen and oxygen atoms in total. The smallest absolute Gasteiger partial charge is 0.240 e. The molecule has 0 bridgehead atoms. The van der Waals surface area contributed by atoms with Crippen LogP contribution < -0.4 is 14.2 Å². The van der Waals surface area contributed by atoms with Gasteiger partial charge in [-0.2, -0.15) is 0 Å². The van der Waals surface area contributed by atoms with Gasteiger partial charge in [-0.25, -0.2) is 17.5 Å². The van der Waals surface area contributed by atoms with Crippen molar-refractivity contribution in [3.63, 3.8) is 0 Å². The lowest BCUT2D eigenvalue weighted by molar-refractivity contribution is 0.171. The Morgan fingerprint density at radius 2 is 1.77 bits per heavy atom. The highest BCUT2D eigenvalue weighted by Gasteiger charge is 2.26. The summed E-state index contributed by atoms with van der Waals surface area (Å²) < 4.78 is 52.2. The first-order chi connectivity index (χ1) is 12.2. The maximum atomic E-state index is 13.4. The van der Waals surface area contributed by atoms with E-state index in [0.29, 0.717) is 30.3 Å². The number of sulfonamides is 1. The molecule has 0 saturated heterocycles. The van der Waals surface area contributed by atoms with Crippen LogP contribution in [-0.2, 0) is 15.4 Å². The minimum Gasteiger partial charge on any atom is -0.486 e. The van der Waals surface area contributed by atoms with E-state index in [4.69, 9.17) is 9.47 Å². The summed E-state index contributed by atoms with van der Waals surface area (Å²) in [6.45, 7) is 6.62. The third-order valence-electron chi connectivity index (χ3n) is 4.47. The van der Waals surface area contributed by atoms with Crippen LogP contribution in [0.1, 0.15) is 25.0 Å². The fraction of sp³-hybridized carbons (Fsp3) is 0.368. The SMILES string of the molecule is Cc1cc(S(=O)(=O)NCC(C)(C)c2ccc3c(c2)OCCO3)ccc1F. The highest BCUT2D eigenvalue weighted by atomic mass is 32.2. The molecular formula is C19H22FNO4S. The van der Waals surface area contributed by atoms with Gasteiger partial charge in [0.25, 0.3) is 0 Å². The molecule has 140 valence electrons. The van der Waals surface area contributed by atoms with Crippen LogP contribution in [0.15, 0.2) is 41.3 Å². The molecule has 0 fully saturated rings. The molecule has 3 rings (SSSR count). The molecule has 0 aliphatic carbocycles. The molecule has 26 heavy (non-hydrogen) atoms. The third kappa shape index (κ3) is 3.83. The van der Waals surface area contributed by atoms with Crippen LogP contribution >= 0.6 is 0 Å². The summed E-state index contributed by atoms with van der Waals surface area (Å²) in [5.74, 6) is 0.928. The first-order valence-electron chi connectivity index (χ1n) is 8.35. The monoisotopic (exact) mass is 379 g/mol. The molecule has 0 aromatic heterocycles. The predicted octanol–water partition coefficient (Wildman–Crippen LogP) is 3.16. The second kappa shape index (κ2) is 6.89. The molecule has 0 saturated carbocycles. The van der Waals surface area contributed by atoms with Crippen molar-refractivity contribution in [1.29, 1.82) is 0 Å². The van der Waals surface area contributed by atoms with Gasteiger partial charge in [0.2, 0.25) is 10.0 Å². The van der Waals surface area contributed by atoms with E-state index >= 15 is 0 Å². The van der Waals surface area contributed by atoms with Gasteiger partial charge in [-0.1, -0.05) is 19.9 Å². The summed E-state index contributed by atoms with van der Waals surface area (Å²) in [6.07, 6.45) is 0. The second-order valence-electron chi connectivity index (χ2n) is 6.98. The number of hydrogen-bond donors (Lipinski definition) is 1. The zero-order valence-electron chi connectivity index (χ0n) is 15.0. The van der Waals surface area contributed by atoms with Gasteiger partial charge in [-0.15, -0.1) is 0 Å². The molecular weight excluding hydrogens is 357 g/mol. The van der Waals surface area contributed by atoms with Crippen LogP contribution in [0.4, 0.5) is 4.39 Å². The first-order valence-corrected chi connectivity index (χ1v) is 9.83. The fourth-order valence-corrected chi connectivity index (χ4v) is 4.01. The third-order valence-corrected chi connectivity index (χ3v) is 5.87. The standard InChI is InChI=1S/C19H22FNO4S/c1-13-10-15(5-6-16(13)20)26(22,23)21-12-19(2,3)14-4-7-17-18(11-14)25-9-8-24-17/h4-7,10-11,21H,8-9,12H2,1-3H3. The highest BCUT2D eigenvalue weighted by Crippen LogP contribution is 2.35. The molecule has 0 radical (unpaired) electrons. The van der Waals surface area contributed by atoms with Crippen molar-refractivity contribution >= 4 is 10.0 Å². The first kappa shape index (κ1) is 18.7. The van der Waals surface area contributed by atoms with E-state index in [0.717, 1.165) is 11.6 Å². The zero-order valence-corrected chi connectivity index (χ0v) is 15.8. The summed E-state index contributed by atoms with van der Waals surface area (Å²) in [5.41, 5.74) is 0.747. The van der Waals surface area contributed by atoms with Gasteiger partial charge < -0.3 is 9.47 Å². The van der Waals surface area contributed by atoms with Gasteiger partial charge in [0.1, 0.15) is 19.0 Å². The van der Waals surface area contributed by atoms with Crippen molar-refractivity contribution in [3.05, 3.63) is 53.3 Å². The molecule has 0 spiro atoms. The van der Waals surface area contributed by atoms with Gasteiger partial charge in [-0.3, -0.25) is 0 Å². The Labute approximate surface area is 153 Å². The Kier molecular flexibility index (Phi) is 4.94. The molecule has 0 amide bonds. The van der Waals surface area contributed by atoms with Gasteiger partial charge >= 0.3 is 0 Å². The fourth-order valence-electron chi connectivity index (χ4n) is 2.71. The summed E-state index contributed by atoms with van der Waals surface area (Å²) in [6, 6.07) is 9.38. The normalized spacial score (nSPS) is 14.3. The minimum atomic E-state index is -3.73. The van der Waals surface area contributed by atoms with Crippen LogP contribution in [0.5, 0.6) is 11.5 Å². The molecule has 0 atom stereocenters. The van der Waals surface area contributed by atoms with E-state index in [1.165, 1.54) is 19.1 Å². The van der Waals surface area contributed by atoms with E-state index in [1.807, 2.05) is 32.0 Å². The largest absolute Gasteiger partial charge is 0.486 e. The lowest BCUT2D eigenvalue weighted by Gasteiger charge is -2.27. The van der Waals surface area contributed by atoms with Crippen LogP contribution in [-0.4, -0.2) is 28.2 Å². The lowest BCUT2D eigenvalue weighted by Crippen LogP contribution is -2.36. The molecule has 7 heteroatoms. The Hall–Kier alpha value is -2.12. The number of benzene rings is 2. The van der Waals surface area contributed by atoms with E-state index in [1.54, 1.807) is 0 Å². The maximum Gasteiger partial charge on any atom is 0.240 e. The van der Waals surface area contributed by atoms with E-state index in [9.17, 15) is 12.8 Å². The Bertz CT molecular complexity index is 925. The van der Waals surface area contributed by atoms with Crippen molar-refractivity contribution < 1.29 is 22.3 Å². The molecule has 2 aromatic rings. The molecule has 1 N–H and O–H groups in total. The Morgan fingerprint density at radius 3 is 2.46 bits per heavy atom. The van der Waals surface area contributed by atoms with E-state index < -0.39 is 21.3 Å². The van der Waals surface area contributed by atoms with Crippen molar-refractivity contribution in [1.82, 2.24) is 4.72 Å². The Morgan fingerprint density at radius 1 is 1.08 bits per heavy atom. The topological polar surface area (TPSA) is 64.6 Å². The molecule has 1 aliphatic rings. The van der Waals surface area contributed by atoms with Crippen LogP contribution in [0.25, 0.3) is 0 Å². The second-order valence-corrected chi connectivity index (χ2v) is 8.74. The number of hydrogen-bond acceptors (Lipinski definition) is 4. The maximum absolute atomic E-state index is 13.4. The molecule has 1 aliphatic heterocycles. The van der Waals surface area contributed by atoms with Crippen LogP contribution in [0, 0.1) is 12.7 Å². The number of fused-ring (bicyclic) bond motifs is 1. The average Bonchev–Trinajstić information content (AvgIpc) is 2.62. The summed E-state index contributed by atoms with van der Waals surface area (Å²) in [5, 5.41) is 0. The van der Waals surface area contributed by atoms with E-state index in [-0.39, 0.29) is 11.4 Å². The van der Waals surface area contributed by atoms with Crippen molar-refractivity contribution in [2.75, 3.05) is 19.8 Å². The Balaban J connectivity index is 1.78. The number of aryl methyl sites for hydroxylation is 1. The van der Waals surface area contributed by atoms with Gasteiger partial charge in [-0.05, 0) is 48.4 Å². The number of halogens is 1. The molecule has 2 aromatic carbocycles. The predicted molar refractivity (Wildman–Crippen MR) is 96.8 cm³/mol. The quantitative estimate of drug-likeness (QED) is 0.867. The average molecular weight is 379 g/mol. The lowest BCUT2D eigenvalue weighted by atomic mass is 9.84. The van der Waals surface area contributed by atoms with Crippen LogP contribution in [0.3, 0.4) is 0 Å². The van der Waals surface area contributed by atoms with Crippen molar-refractivity contribution in [2.45, 2.75) is 31.1 Å². The number of nitrogens with one attached hydrogen (secondary N) is 1. The molecule has 0 unspecified atom stereocenters. The zero-order chi connectivity index (χ0) is 18.9. The van der Waals surface area contributed by atoms with Crippen molar-refractivity contribution in [2.24, 2.45) is 0 Å². The molecule has 1 heterocycles. The van der Waals surface area contributed by atoms with Gasteiger partial charge in [0.05, 0.1) is 4.90 Å². The minimum absolute atomic E-state index is 0.0503. The number of ether oxygens (including phenoxy) is 2. The van der Waals surface area contributed by atoms with Crippen molar-refractivity contribution in [3.8, 4) is 11.5 Å². The summed E-state index contributed by atoms with van der Waals surface area (Å²) in [4.78, 5) is 0.0503. The number of rotatable bonds is 5. The van der Waals surface area contributed by atoms with Crippen LogP contribution in [0.2, 0.25) is 0 Å². The van der Waals surface area contributed by atoms with Gasteiger partial charge in [0, 0.05) is 12.0 Å². The summed E-state index contributed by atoms with van der Waals surface area (Å²) >= 11 is 0. The summed E-state index contributed by atoms with van der Waals surface area (Å²) in [7, 11) is -3.73. The van der Waals surface area contributed by atoms with E-state index in [2.05, 4.69) is 4.72 Å². The van der Waals surface area contributed by atoms with Gasteiger partial charge in [0.15, 0.2) is 11.5 Å². The highest BCUT2D eigenvalue weighted by molar-refractivity contribution is 7.89.